The first-order valence-electron chi connectivity index (χ1n) is 9.37. The summed E-state index contributed by atoms with van der Waals surface area (Å²) in [5.41, 5.74) is 3.18. The number of methoxy groups -OCH3 is 1. The maximum atomic E-state index is 13.7. The van der Waals surface area contributed by atoms with Crippen molar-refractivity contribution in [3.8, 4) is 0 Å². The molecule has 138 valence electrons. The summed E-state index contributed by atoms with van der Waals surface area (Å²) in [6, 6.07) is 7.96. The van der Waals surface area contributed by atoms with E-state index in [1.54, 1.807) is 6.92 Å². The van der Waals surface area contributed by atoms with Crippen LogP contribution in [-0.4, -0.2) is 48.1 Å². The monoisotopic (exact) mass is 356 g/mol. The number of ether oxygens (including phenoxy) is 1. The molecule has 2 N–H and O–H groups in total. The lowest BCUT2D eigenvalue weighted by Crippen LogP contribution is -2.64. The Morgan fingerprint density at radius 3 is 2.96 bits per heavy atom. The van der Waals surface area contributed by atoms with Crippen molar-refractivity contribution < 1.29 is 19.3 Å². The molecule has 2 saturated heterocycles. The highest BCUT2D eigenvalue weighted by Gasteiger charge is 2.68. The number of piperidine rings is 1. The maximum absolute atomic E-state index is 13.7. The summed E-state index contributed by atoms with van der Waals surface area (Å²) in [7, 11) is 1.40. The summed E-state index contributed by atoms with van der Waals surface area (Å²) in [6.45, 7) is 2.62. The van der Waals surface area contributed by atoms with Crippen LogP contribution in [0.1, 0.15) is 25.3 Å². The molecule has 0 radical (unpaired) electrons. The summed E-state index contributed by atoms with van der Waals surface area (Å²) in [4.78, 5) is 12.8. The first kappa shape index (κ1) is 16.3. The quantitative estimate of drug-likeness (QED) is 0.480. The zero-order valence-corrected chi connectivity index (χ0v) is 15.1. The van der Waals surface area contributed by atoms with Crippen LogP contribution in [0.2, 0.25) is 0 Å². The van der Waals surface area contributed by atoms with Crippen molar-refractivity contribution in [3.05, 3.63) is 46.3 Å². The van der Waals surface area contributed by atoms with Crippen molar-refractivity contribution in [2.24, 2.45) is 11.8 Å². The van der Waals surface area contributed by atoms with Gasteiger partial charge in [0.05, 0.1) is 37.3 Å². The molecular formula is C20H24N2O4. The molecule has 26 heavy (non-hydrogen) atoms. The predicted octanol–water partition coefficient (Wildman–Crippen LogP) is 1.89. The molecule has 3 heterocycles. The molecule has 6 nitrogen and oxygen atoms in total. The number of hydroxylamine groups is 3. The molecular weight excluding hydrogens is 332 g/mol. The van der Waals surface area contributed by atoms with Gasteiger partial charge in [0.1, 0.15) is 6.04 Å². The molecule has 0 unspecified atom stereocenters. The second kappa shape index (κ2) is 5.09. The van der Waals surface area contributed by atoms with Crippen molar-refractivity contribution in [2.45, 2.75) is 37.3 Å². The van der Waals surface area contributed by atoms with Crippen LogP contribution in [-0.2, 0) is 14.9 Å². The van der Waals surface area contributed by atoms with Gasteiger partial charge in [0, 0.05) is 36.1 Å². The van der Waals surface area contributed by atoms with Gasteiger partial charge in [0.15, 0.2) is 0 Å². The van der Waals surface area contributed by atoms with Gasteiger partial charge >= 0.3 is 5.97 Å². The number of anilines is 1. The van der Waals surface area contributed by atoms with Gasteiger partial charge < -0.3 is 25.0 Å². The number of carbonyl (C=O) groups excluding carboxylic acids is 1. The number of nitrogens with one attached hydrogen (secondary N) is 1. The minimum Gasteiger partial charge on any atom is -0.633 e. The van der Waals surface area contributed by atoms with E-state index in [2.05, 4.69) is 11.4 Å². The number of nitrogens with zero attached hydrogens (tertiary/aromatic N) is 1. The lowest BCUT2D eigenvalue weighted by molar-refractivity contribution is -0.905. The Labute approximate surface area is 152 Å². The summed E-state index contributed by atoms with van der Waals surface area (Å²) in [5, 5.41) is 27.6. The Morgan fingerprint density at radius 2 is 2.23 bits per heavy atom. The molecule has 0 aromatic heterocycles. The van der Waals surface area contributed by atoms with E-state index in [1.807, 2.05) is 18.2 Å². The van der Waals surface area contributed by atoms with Gasteiger partial charge in [-0.1, -0.05) is 18.2 Å². The number of aliphatic hydroxyl groups excluding tert-OH is 1. The van der Waals surface area contributed by atoms with E-state index < -0.39 is 11.5 Å². The van der Waals surface area contributed by atoms with Gasteiger partial charge in [-0.25, -0.2) is 4.79 Å². The van der Waals surface area contributed by atoms with Gasteiger partial charge in [-0.05, 0) is 18.6 Å². The smallest absolute Gasteiger partial charge is 0.335 e. The van der Waals surface area contributed by atoms with Crippen LogP contribution in [0.5, 0.6) is 0 Å². The number of rotatable bonds is 2. The minimum atomic E-state index is -0.637. The molecule has 5 rings (SSSR count). The lowest BCUT2D eigenvalue weighted by Gasteiger charge is -2.58. The van der Waals surface area contributed by atoms with Crippen LogP contribution in [0.25, 0.3) is 0 Å². The molecule has 0 amide bonds. The number of esters is 1. The van der Waals surface area contributed by atoms with Gasteiger partial charge in [-0.2, -0.15) is 0 Å². The first-order valence-corrected chi connectivity index (χ1v) is 9.37. The van der Waals surface area contributed by atoms with Crippen molar-refractivity contribution in [1.82, 2.24) is 0 Å². The Hall–Kier alpha value is -1.89. The molecule has 0 saturated carbocycles. The predicted molar refractivity (Wildman–Crippen MR) is 95.8 cm³/mol. The van der Waals surface area contributed by atoms with E-state index in [0.717, 1.165) is 23.4 Å². The van der Waals surface area contributed by atoms with E-state index in [1.165, 1.54) is 7.11 Å². The highest BCUT2D eigenvalue weighted by atomic mass is 16.6. The summed E-state index contributed by atoms with van der Waals surface area (Å²) in [5.74, 6) is -0.714. The third kappa shape index (κ3) is 1.75. The molecule has 1 aromatic rings. The van der Waals surface area contributed by atoms with Crippen molar-refractivity contribution in [2.75, 3.05) is 25.5 Å². The zero-order chi connectivity index (χ0) is 18.3. The second-order valence-corrected chi connectivity index (χ2v) is 8.29. The molecule has 6 atom stereocenters. The number of fused-ring (bicyclic) bond motifs is 2. The van der Waals surface area contributed by atoms with Gasteiger partial charge in [-0.15, -0.1) is 0 Å². The Morgan fingerprint density at radius 1 is 1.46 bits per heavy atom. The number of hydrogen-bond donors (Lipinski definition) is 2. The van der Waals surface area contributed by atoms with Crippen LogP contribution in [0.15, 0.2) is 35.5 Å². The number of benzene rings is 1. The Balaban J connectivity index is 1.80. The minimum absolute atomic E-state index is 0.109. The Kier molecular flexibility index (Phi) is 3.19. The van der Waals surface area contributed by atoms with Crippen molar-refractivity contribution in [1.29, 1.82) is 0 Å². The third-order valence-electron chi connectivity index (χ3n) is 7.31. The maximum Gasteiger partial charge on any atom is 0.335 e. The highest BCUT2D eigenvalue weighted by molar-refractivity contribution is 5.93. The molecule has 6 heteroatoms. The van der Waals surface area contributed by atoms with Crippen LogP contribution in [0, 0.1) is 17.0 Å². The molecule has 1 spiro atoms. The fourth-order valence-electron chi connectivity index (χ4n) is 6.25. The number of hydrogen-bond acceptors (Lipinski definition) is 5. The fraction of sp³-hybridized carbons (Fsp3) is 0.550. The molecule has 3 aliphatic heterocycles. The number of quaternary nitrogens is 1. The average Bonchev–Trinajstić information content (AvgIpc) is 3.14. The first-order chi connectivity index (χ1) is 12.4. The van der Waals surface area contributed by atoms with E-state index in [0.29, 0.717) is 25.1 Å². The van der Waals surface area contributed by atoms with Crippen LogP contribution in [0.4, 0.5) is 5.69 Å². The molecule has 2 fully saturated rings. The van der Waals surface area contributed by atoms with E-state index in [-0.39, 0.29) is 28.5 Å². The normalized spacial score (nSPS) is 40.5. The number of aliphatic hydroxyl groups is 1. The molecule has 4 aliphatic rings. The second-order valence-electron chi connectivity index (χ2n) is 8.29. The summed E-state index contributed by atoms with van der Waals surface area (Å²) < 4.78 is 4.88. The number of carbonyl (C=O) groups is 1. The lowest BCUT2D eigenvalue weighted by atomic mass is 9.60. The zero-order valence-electron chi connectivity index (χ0n) is 15.1. The topological polar surface area (TPSA) is 81.6 Å². The summed E-state index contributed by atoms with van der Waals surface area (Å²) in [6.07, 6.45) is 0.713. The van der Waals surface area contributed by atoms with Crippen LogP contribution in [0.3, 0.4) is 0 Å². The van der Waals surface area contributed by atoms with Crippen molar-refractivity contribution in [3.63, 3.8) is 0 Å². The van der Waals surface area contributed by atoms with Gasteiger partial charge in [0.25, 0.3) is 0 Å². The standard InChI is InChI=1S/C20H24N2O4/c1-11(23)13-10-22(25)8-7-20-14-5-3-4-6-15(14)21-18(20)17(19(24)26-2)12(13)9-16(20)22/h3-6,11-13,16,21,23H,7-10H2,1-2H3/t11-,12+,13-,16+,20-,22-/m1/s1. The van der Waals surface area contributed by atoms with Crippen molar-refractivity contribution >= 4 is 11.7 Å². The van der Waals surface area contributed by atoms with Crippen LogP contribution >= 0.6 is 0 Å². The van der Waals surface area contributed by atoms with E-state index >= 15 is 0 Å². The SMILES string of the molecule is COC(=O)C1=C2Nc3ccccc3[C@@]23CC[N@@+]2([O-])C[C@H]([C@@H](C)O)[C@@H]1C[C@@H]32. The van der Waals surface area contributed by atoms with E-state index in [4.69, 9.17) is 4.74 Å². The largest absolute Gasteiger partial charge is 0.633 e. The number of para-hydroxylation sites is 1. The third-order valence-corrected chi connectivity index (χ3v) is 7.31. The van der Waals surface area contributed by atoms with Gasteiger partial charge in [-0.3, -0.25) is 0 Å². The molecule has 1 aromatic carbocycles. The molecule has 1 aliphatic carbocycles. The Bertz CT molecular complexity index is 835. The molecule has 2 bridgehead atoms. The van der Waals surface area contributed by atoms with Crippen LogP contribution < -0.4 is 5.32 Å². The van der Waals surface area contributed by atoms with E-state index in [9.17, 15) is 15.1 Å². The highest BCUT2D eigenvalue weighted by Crippen LogP contribution is 2.63. The average molecular weight is 356 g/mol. The fourth-order valence-corrected chi connectivity index (χ4v) is 6.25. The summed E-state index contributed by atoms with van der Waals surface area (Å²) >= 11 is 0. The van der Waals surface area contributed by atoms with Gasteiger partial charge in [0.2, 0.25) is 0 Å².